The Kier molecular flexibility index (Phi) is 3.19. The number of nitrogens with two attached hydrogens (primary N) is 1. The van der Waals surface area contributed by atoms with Crippen LogP contribution in [0.1, 0.15) is 22.5 Å². The minimum Gasteiger partial charge on any atom is -0.399 e. The maximum absolute atomic E-state index is 11.9. The van der Waals surface area contributed by atoms with Gasteiger partial charge in [-0.2, -0.15) is 4.98 Å². The maximum Gasteiger partial charge on any atom is 0.348 e. The van der Waals surface area contributed by atoms with Crippen molar-refractivity contribution in [2.24, 2.45) is 0 Å². The summed E-state index contributed by atoms with van der Waals surface area (Å²) in [5.74, 6) is 0. The van der Waals surface area contributed by atoms with Gasteiger partial charge in [0.1, 0.15) is 0 Å². The van der Waals surface area contributed by atoms with E-state index in [0.29, 0.717) is 6.54 Å². The molecule has 4 nitrogen and oxygen atoms in total. The van der Waals surface area contributed by atoms with Crippen molar-refractivity contribution in [2.75, 3.05) is 5.73 Å². The quantitative estimate of drug-likeness (QED) is 0.818. The molecule has 0 bridgehead atoms. The number of hydrogen-bond acceptors (Lipinski definition) is 3. The summed E-state index contributed by atoms with van der Waals surface area (Å²) in [5.41, 5.74) is 10.1. The smallest absolute Gasteiger partial charge is 0.348 e. The minimum absolute atomic E-state index is 0.214. The molecule has 1 aromatic heterocycles. The number of hydrogen-bond donors (Lipinski definition) is 1. The van der Waals surface area contributed by atoms with Crippen molar-refractivity contribution < 1.29 is 0 Å². The van der Waals surface area contributed by atoms with Gasteiger partial charge in [0.2, 0.25) is 0 Å². The van der Waals surface area contributed by atoms with Gasteiger partial charge < -0.3 is 5.73 Å². The summed E-state index contributed by atoms with van der Waals surface area (Å²) >= 11 is 0. The summed E-state index contributed by atoms with van der Waals surface area (Å²) in [4.78, 5) is 15.8. The lowest BCUT2D eigenvalue weighted by Crippen LogP contribution is -2.26. The molecule has 0 aliphatic heterocycles. The molecular weight excluding hydrogens is 226 g/mol. The van der Waals surface area contributed by atoms with Gasteiger partial charge in [-0.15, -0.1) is 0 Å². The zero-order valence-electron chi connectivity index (χ0n) is 10.9. The molecule has 94 valence electrons. The molecule has 2 N–H and O–H groups in total. The third-order valence-electron chi connectivity index (χ3n) is 3.16. The van der Waals surface area contributed by atoms with Crippen LogP contribution in [0.5, 0.6) is 0 Å². The molecule has 2 rings (SSSR count). The average Bonchev–Trinajstić information content (AvgIpc) is 2.28. The summed E-state index contributed by atoms with van der Waals surface area (Å²) in [6.45, 7) is 6.21. The van der Waals surface area contributed by atoms with Gasteiger partial charge in [0.05, 0.1) is 6.54 Å². The Morgan fingerprint density at radius 3 is 2.67 bits per heavy atom. The SMILES string of the molecule is Cc1cc(C)n(Cc2cccc(N)c2C)c(=O)n1. The zero-order valence-corrected chi connectivity index (χ0v) is 10.9. The molecular formula is C14H17N3O. The topological polar surface area (TPSA) is 60.9 Å². The first-order chi connectivity index (χ1) is 8.49. The summed E-state index contributed by atoms with van der Waals surface area (Å²) in [5, 5.41) is 0. The average molecular weight is 243 g/mol. The van der Waals surface area contributed by atoms with E-state index in [-0.39, 0.29) is 5.69 Å². The van der Waals surface area contributed by atoms with Crippen molar-refractivity contribution in [2.45, 2.75) is 27.3 Å². The van der Waals surface area contributed by atoms with Crippen molar-refractivity contribution in [3.05, 3.63) is 57.3 Å². The molecule has 0 aliphatic carbocycles. The highest BCUT2D eigenvalue weighted by atomic mass is 16.1. The number of rotatable bonds is 2. The number of nitrogens with zero attached hydrogens (tertiary/aromatic N) is 2. The van der Waals surface area contributed by atoms with E-state index in [1.807, 2.05) is 45.0 Å². The van der Waals surface area contributed by atoms with Gasteiger partial charge in [0, 0.05) is 17.1 Å². The van der Waals surface area contributed by atoms with E-state index in [2.05, 4.69) is 4.98 Å². The van der Waals surface area contributed by atoms with Crippen LogP contribution in [0.4, 0.5) is 5.69 Å². The standard InChI is InChI=1S/C14H17N3O/c1-9-7-10(2)17(14(18)16-9)8-12-5-4-6-13(15)11(12)3/h4-7H,8,15H2,1-3H3. The Labute approximate surface area is 106 Å². The molecule has 0 radical (unpaired) electrons. The van der Waals surface area contributed by atoms with Crippen molar-refractivity contribution in [1.82, 2.24) is 9.55 Å². The minimum atomic E-state index is -0.214. The van der Waals surface area contributed by atoms with E-state index < -0.39 is 0 Å². The van der Waals surface area contributed by atoms with E-state index in [4.69, 9.17) is 5.73 Å². The number of nitrogen functional groups attached to an aromatic ring is 1. The van der Waals surface area contributed by atoms with Gasteiger partial charge in [-0.25, -0.2) is 4.79 Å². The van der Waals surface area contributed by atoms with E-state index in [0.717, 1.165) is 28.2 Å². The molecule has 0 atom stereocenters. The Morgan fingerprint density at radius 1 is 1.28 bits per heavy atom. The van der Waals surface area contributed by atoms with Crippen LogP contribution in [0, 0.1) is 20.8 Å². The summed E-state index contributed by atoms with van der Waals surface area (Å²) < 4.78 is 1.66. The van der Waals surface area contributed by atoms with Crippen molar-refractivity contribution in [3.63, 3.8) is 0 Å². The van der Waals surface area contributed by atoms with Crippen LogP contribution in [0.3, 0.4) is 0 Å². The highest BCUT2D eigenvalue weighted by Gasteiger charge is 2.07. The Balaban J connectivity index is 2.47. The van der Waals surface area contributed by atoms with Crippen molar-refractivity contribution in [1.29, 1.82) is 0 Å². The predicted molar refractivity (Wildman–Crippen MR) is 72.7 cm³/mol. The Bertz CT molecular complexity index is 644. The Morgan fingerprint density at radius 2 is 2.00 bits per heavy atom. The van der Waals surface area contributed by atoms with Crippen LogP contribution in [-0.4, -0.2) is 9.55 Å². The van der Waals surface area contributed by atoms with Crippen LogP contribution in [0.25, 0.3) is 0 Å². The summed E-state index contributed by atoms with van der Waals surface area (Å²) in [6, 6.07) is 7.65. The van der Waals surface area contributed by atoms with Crippen molar-refractivity contribution in [3.8, 4) is 0 Å². The number of benzene rings is 1. The van der Waals surface area contributed by atoms with Gasteiger partial charge in [-0.05, 0) is 44.0 Å². The van der Waals surface area contributed by atoms with E-state index in [1.165, 1.54) is 0 Å². The monoisotopic (exact) mass is 243 g/mol. The molecule has 0 amide bonds. The molecule has 0 fully saturated rings. The van der Waals surface area contributed by atoms with Gasteiger partial charge in [0.15, 0.2) is 0 Å². The van der Waals surface area contributed by atoms with E-state index >= 15 is 0 Å². The lowest BCUT2D eigenvalue weighted by molar-refractivity contribution is 0.691. The summed E-state index contributed by atoms with van der Waals surface area (Å²) in [7, 11) is 0. The van der Waals surface area contributed by atoms with Crippen LogP contribution >= 0.6 is 0 Å². The molecule has 0 saturated carbocycles. The lowest BCUT2D eigenvalue weighted by Gasteiger charge is -2.12. The molecule has 2 aromatic rings. The van der Waals surface area contributed by atoms with Crippen LogP contribution in [0.2, 0.25) is 0 Å². The van der Waals surface area contributed by atoms with Gasteiger partial charge in [0.25, 0.3) is 0 Å². The highest BCUT2D eigenvalue weighted by molar-refractivity contribution is 5.50. The zero-order chi connectivity index (χ0) is 13.3. The highest BCUT2D eigenvalue weighted by Crippen LogP contribution is 2.16. The second-order valence-corrected chi connectivity index (χ2v) is 4.54. The second-order valence-electron chi connectivity index (χ2n) is 4.54. The number of aromatic nitrogens is 2. The van der Waals surface area contributed by atoms with Crippen LogP contribution in [0.15, 0.2) is 29.1 Å². The third-order valence-corrected chi connectivity index (χ3v) is 3.16. The first kappa shape index (κ1) is 12.4. The van der Waals surface area contributed by atoms with Gasteiger partial charge in [-0.1, -0.05) is 12.1 Å². The molecule has 0 spiro atoms. The predicted octanol–water partition coefficient (Wildman–Crippen LogP) is 1.80. The number of anilines is 1. The molecule has 1 heterocycles. The largest absolute Gasteiger partial charge is 0.399 e. The van der Waals surface area contributed by atoms with Crippen LogP contribution in [-0.2, 0) is 6.54 Å². The molecule has 0 unspecified atom stereocenters. The molecule has 4 heteroatoms. The second kappa shape index (κ2) is 4.64. The van der Waals surface area contributed by atoms with E-state index in [1.54, 1.807) is 4.57 Å². The molecule has 18 heavy (non-hydrogen) atoms. The first-order valence-electron chi connectivity index (χ1n) is 5.88. The van der Waals surface area contributed by atoms with E-state index in [9.17, 15) is 4.79 Å². The van der Waals surface area contributed by atoms with Crippen molar-refractivity contribution >= 4 is 5.69 Å². The Hall–Kier alpha value is -2.10. The normalized spacial score (nSPS) is 10.6. The number of aryl methyl sites for hydroxylation is 2. The van der Waals surface area contributed by atoms with Crippen LogP contribution < -0.4 is 11.4 Å². The molecule has 0 saturated heterocycles. The summed E-state index contributed by atoms with van der Waals surface area (Å²) in [6.07, 6.45) is 0. The first-order valence-corrected chi connectivity index (χ1v) is 5.88. The molecule has 0 aliphatic rings. The fourth-order valence-electron chi connectivity index (χ4n) is 2.01. The van der Waals surface area contributed by atoms with Gasteiger partial charge >= 0.3 is 5.69 Å². The lowest BCUT2D eigenvalue weighted by atomic mass is 10.1. The van der Waals surface area contributed by atoms with Gasteiger partial charge in [-0.3, -0.25) is 4.57 Å². The fraction of sp³-hybridized carbons (Fsp3) is 0.286. The fourth-order valence-corrected chi connectivity index (χ4v) is 2.01. The third kappa shape index (κ3) is 2.27. The maximum atomic E-state index is 11.9. The molecule has 1 aromatic carbocycles.